The summed E-state index contributed by atoms with van der Waals surface area (Å²) in [6.07, 6.45) is 0.678. The molecule has 0 aliphatic heterocycles. The summed E-state index contributed by atoms with van der Waals surface area (Å²) in [5.41, 5.74) is 2.97. The number of benzene rings is 2. The minimum atomic E-state index is -0.418. The predicted octanol–water partition coefficient (Wildman–Crippen LogP) is 4.06. The van der Waals surface area contributed by atoms with Crippen molar-refractivity contribution >= 4 is 6.29 Å². The molecule has 0 N–H and O–H groups in total. The van der Waals surface area contributed by atoms with Crippen LogP contribution in [0.2, 0.25) is 0 Å². The Balaban J connectivity index is 2.76. The molecule has 0 saturated heterocycles. The summed E-state index contributed by atoms with van der Waals surface area (Å²) in [5.74, 6) is -0.753. The van der Waals surface area contributed by atoms with E-state index in [9.17, 15) is 13.6 Å². The summed E-state index contributed by atoms with van der Waals surface area (Å²) in [7, 11) is 0. The SMILES string of the molecule is Cc1cc(F)cc(C)c1-c1cc(F)ccc1C=O. The zero-order chi connectivity index (χ0) is 13.3. The van der Waals surface area contributed by atoms with Crippen molar-refractivity contribution < 1.29 is 13.6 Å². The van der Waals surface area contributed by atoms with E-state index in [1.54, 1.807) is 13.8 Å². The van der Waals surface area contributed by atoms with Gasteiger partial charge in [0.25, 0.3) is 0 Å². The van der Waals surface area contributed by atoms with Crippen molar-refractivity contribution in [1.29, 1.82) is 0 Å². The van der Waals surface area contributed by atoms with Crippen LogP contribution in [0.3, 0.4) is 0 Å². The van der Waals surface area contributed by atoms with Crippen molar-refractivity contribution in [3.63, 3.8) is 0 Å². The maximum absolute atomic E-state index is 13.3. The topological polar surface area (TPSA) is 17.1 Å². The van der Waals surface area contributed by atoms with Gasteiger partial charge in [-0.3, -0.25) is 4.79 Å². The van der Waals surface area contributed by atoms with Gasteiger partial charge in [-0.2, -0.15) is 0 Å². The summed E-state index contributed by atoms with van der Waals surface area (Å²) in [5, 5.41) is 0. The molecule has 92 valence electrons. The molecule has 2 aromatic carbocycles. The van der Waals surface area contributed by atoms with Crippen LogP contribution in [0.1, 0.15) is 21.5 Å². The molecule has 0 saturated carbocycles. The molecule has 0 aromatic heterocycles. The Bertz CT molecular complexity index is 595. The van der Waals surface area contributed by atoms with E-state index < -0.39 is 5.82 Å². The number of halogens is 2. The third-order valence-electron chi connectivity index (χ3n) is 2.91. The largest absolute Gasteiger partial charge is 0.298 e. The van der Waals surface area contributed by atoms with Crippen molar-refractivity contribution in [2.75, 3.05) is 0 Å². The molecule has 0 aliphatic rings. The van der Waals surface area contributed by atoms with Gasteiger partial charge in [0.05, 0.1) is 0 Å². The number of carbonyl (C=O) groups is 1. The van der Waals surface area contributed by atoms with Gasteiger partial charge in [0.15, 0.2) is 6.29 Å². The summed E-state index contributed by atoms with van der Waals surface area (Å²) in [4.78, 5) is 11.0. The van der Waals surface area contributed by atoms with Crippen LogP contribution in [-0.4, -0.2) is 6.29 Å². The van der Waals surface area contributed by atoms with Crippen molar-refractivity contribution in [3.8, 4) is 11.1 Å². The highest BCUT2D eigenvalue weighted by atomic mass is 19.1. The number of aldehydes is 1. The van der Waals surface area contributed by atoms with Gasteiger partial charge in [-0.15, -0.1) is 0 Å². The Morgan fingerprint density at radius 3 is 2.11 bits per heavy atom. The fraction of sp³-hybridized carbons (Fsp3) is 0.133. The molecule has 3 heteroatoms. The van der Waals surface area contributed by atoms with Crippen LogP contribution in [-0.2, 0) is 0 Å². The monoisotopic (exact) mass is 246 g/mol. The molecule has 0 amide bonds. The van der Waals surface area contributed by atoms with E-state index >= 15 is 0 Å². The number of carbonyl (C=O) groups excluding carboxylic acids is 1. The Labute approximate surface area is 104 Å². The minimum absolute atomic E-state index is 0.335. The van der Waals surface area contributed by atoms with E-state index in [1.165, 1.54) is 30.3 Å². The van der Waals surface area contributed by atoms with Crippen LogP contribution in [0.25, 0.3) is 11.1 Å². The van der Waals surface area contributed by atoms with Crippen LogP contribution in [0.4, 0.5) is 8.78 Å². The lowest BCUT2D eigenvalue weighted by Crippen LogP contribution is -1.95. The van der Waals surface area contributed by atoms with Gasteiger partial charge in [-0.25, -0.2) is 8.78 Å². The summed E-state index contributed by atoms with van der Waals surface area (Å²) >= 11 is 0. The summed E-state index contributed by atoms with van der Waals surface area (Å²) in [6.45, 7) is 3.48. The van der Waals surface area contributed by atoms with E-state index in [4.69, 9.17) is 0 Å². The van der Waals surface area contributed by atoms with Gasteiger partial charge in [0, 0.05) is 5.56 Å². The Hall–Kier alpha value is -2.03. The fourth-order valence-electron chi connectivity index (χ4n) is 2.18. The quantitative estimate of drug-likeness (QED) is 0.730. The maximum Gasteiger partial charge on any atom is 0.150 e. The fourth-order valence-corrected chi connectivity index (χ4v) is 2.18. The van der Waals surface area contributed by atoms with Crippen molar-refractivity contribution in [3.05, 3.63) is 58.7 Å². The van der Waals surface area contributed by atoms with Crippen molar-refractivity contribution in [2.24, 2.45) is 0 Å². The second kappa shape index (κ2) is 4.69. The van der Waals surface area contributed by atoms with E-state index in [-0.39, 0.29) is 5.82 Å². The van der Waals surface area contributed by atoms with Gasteiger partial charge < -0.3 is 0 Å². The first-order chi connectivity index (χ1) is 8.52. The molecule has 0 aliphatic carbocycles. The molecule has 1 nitrogen and oxygen atoms in total. The lowest BCUT2D eigenvalue weighted by molar-refractivity contribution is 0.112. The molecular formula is C15H12F2O. The molecule has 18 heavy (non-hydrogen) atoms. The Kier molecular flexibility index (Phi) is 3.24. The van der Waals surface area contributed by atoms with Gasteiger partial charge in [0.1, 0.15) is 11.6 Å². The van der Waals surface area contributed by atoms with Gasteiger partial charge in [-0.05, 0) is 66.4 Å². The number of aryl methyl sites for hydroxylation is 2. The maximum atomic E-state index is 13.3. The zero-order valence-electron chi connectivity index (χ0n) is 10.1. The highest BCUT2D eigenvalue weighted by Gasteiger charge is 2.12. The molecular weight excluding hydrogens is 234 g/mol. The van der Waals surface area contributed by atoms with Crippen LogP contribution in [0, 0.1) is 25.5 Å². The molecule has 0 fully saturated rings. The summed E-state index contributed by atoms with van der Waals surface area (Å²) < 4.78 is 26.6. The lowest BCUT2D eigenvalue weighted by Gasteiger charge is -2.12. The number of rotatable bonds is 2. The van der Waals surface area contributed by atoms with Crippen LogP contribution >= 0.6 is 0 Å². The molecule has 0 atom stereocenters. The van der Waals surface area contributed by atoms with E-state index in [0.717, 1.165) is 0 Å². The number of hydrogen-bond acceptors (Lipinski definition) is 1. The van der Waals surface area contributed by atoms with Crippen LogP contribution < -0.4 is 0 Å². The molecule has 2 rings (SSSR count). The smallest absolute Gasteiger partial charge is 0.150 e. The van der Waals surface area contributed by atoms with Gasteiger partial charge >= 0.3 is 0 Å². The number of hydrogen-bond donors (Lipinski definition) is 0. The average Bonchev–Trinajstić information content (AvgIpc) is 2.28. The first kappa shape index (κ1) is 12.4. The first-order valence-electron chi connectivity index (χ1n) is 5.55. The zero-order valence-corrected chi connectivity index (χ0v) is 10.1. The first-order valence-corrected chi connectivity index (χ1v) is 5.55. The Morgan fingerprint density at radius 2 is 1.56 bits per heavy atom. The molecule has 0 bridgehead atoms. The van der Waals surface area contributed by atoms with E-state index in [1.807, 2.05) is 0 Å². The second-order valence-corrected chi connectivity index (χ2v) is 4.26. The van der Waals surface area contributed by atoms with Crippen LogP contribution in [0.5, 0.6) is 0 Å². The highest BCUT2D eigenvalue weighted by Crippen LogP contribution is 2.30. The van der Waals surface area contributed by atoms with E-state index in [0.29, 0.717) is 34.1 Å². The summed E-state index contributed by atoms with van der Waals surface area (Å²) in [6, 6.07) is 6.72. The molecule has 0 unspecified atom stereocenters. The van der Waals surface area contributed by atoms with Crippen molar-refractivity contribution in [2.45, 2.75) is 13.8 Å². The lowest BCUT2D eigenvalue weighted by atomic mass is 9.92. The third kappa shape index (κ3) is 2.16. The molecule has 0 spiro atoms. The standard InChI is InChI=1S/C15H12F2O/c1-9-5-13(17)6-10(2)15(9)14-7-12(16)4-3-11(14)8-18/h3-8H,1-2H3. The second-order valence-electron chi connectivity index (χ2n) is 4.26. The third-order valence-corrected chi connectivity index (χ3v) is 2.91. The average molecular weight is 246 g/mol. The van der Waals surface area contributed by atoms with E-state index in [2.05, 4.69) is 0 Å². The van der Waals surface area contributed by atoms with Gasteiger partial charge in [-0.1, -0.05) is 0 Å². The minimum Gasteiger partial charge on any atom is -0.298 e. The van der Waals surface area contributed by atoms with Crippen LogP contribution in [0.15, 0.2) is 30.3 Å². The van der Waals surface area contributed by atoms with Gasteiger partial charge in [0.2, 0.25) is 0 Å². The van der Waals surface area contributed by atoms with Crippen molar-refractivity contribution in [1.82, 2.24) is 0 Å². The molecule has 0 heterocycles. The predicted molar refractivity (Wildman–Crippen MR) is 66.7 cm³/mol. The molecule has 0 radical (unpaired) electrons. The normalized spacial score (nSPS) is 10.4. The molecule has 2 aromatic rings. The highest BCUT2D eigenvalue weighted by molar-refractivity contribution is 5.89. The Morgan fingerprint density at radius 1 is 0.944 bits per heavy atom.